The summed E-state index contributed by atoms with van der Waals surface area (Å²) in [5.41, 5.74) is 0.296. The first-order chi connectivity index (χ1) is 8.24. The highest BCUT2D eigenvalue weighted by Gasteiger charge is 2.30. The second-order valence-electron chi connectivity index (χ2n) is 4.07. The van der Waals surface area contributed by atoms with Crippen molar-refractivity contribution < 1.29 is 4.79 Å². The van der Waals surface area contributed by atoms with Gasteiger partial charge in [-0.1, -0.05) is 11.6 Å². The Bertz CT molecular complexity index is 412. The third kappa shape index (κ3) is 2.56. The van der Waals surface area contributed by atoms with Gasteiger partial charge in [-0.3, -0.25) is 4.79 Å². The summed E-state index contributed by atoms with van der Waals surface area (Å²) >= 11 is 5.93. The van der Waals surface area contributed by atoms with Gasteiger partial charge in [0.2, 0.25) is 0 Å². The van der Waals surface area contributed by atoms with E-state index in [2.05, 4.69) is 15.3 Å². The number of rotatable bonds is 3. The van der Waals surface area contributed by atoms with Gasteiger partial charge in [0.1, 0.15) is 12.0 Å². The van der Waals surface area contributed by atoms with Crippen molar-refractivity contribution in [1.29, 1.82) is 0 Å². The van der Waals surface area contributed by atoms with Crippen LogP contribution in [-0.2, 0) is 0 Å². The summed E-state index contributed by atoms with van der Waals surface area (Å²) in [5, 5.41) is 3.41. The zero-order chi connectivity index (χ0) is 12.3. The van der Waals surface area contributed by atoms with Crippen molar-refractivity contribution in [2.24, 2.45) is 0 Å². The molecule has 5 nitrogen and oxygen atoms in total. The molecule has 92 valence electrons. The Morgan fingerprint density at radius 1 is 1.71 bits per heavy atom. The molecule has 0 aromatic carbocycles. The SMILES string of the molecule is CNC[C@@H]1CCCN1C(=O)c1ncncc1Cl. The van der Waals surface area contributed by atoms with Crippen molar-refractivity contribution >= 4 is 17.5 Å². The van der Waals surface area contributed by atoms with E-state index in [1.807, 2.05) is 11.9 Å². The third-order valence-corrected chi connectivity index (χ3v) is 3.22. The highest BCUT2D eigenvalue weighted by atomic mass is 35.5. The van der Waals surface area contributed by atoms with Crippen molar-refractivity contribution in [1.82, 2.24) is 20.2 Å². The summed E-state index contributed by atoms with van der Waals surface area (Å²) in [6.07, 6.45) is 4.85. The van der Waals surface area contributed by atoms with Crippen LogP contribution in [0.25, 0.3) is 0 Å². The summed E-state index contributed by atoms with van der Waals surface area (Å²) < 4.78 is 0. The number of carbonyl (C=O) groups is 1. The first-order valence-electron chi connectivity index (χ1n) is 5.65. The number of nitrogens with zero attached hydrogens (tertiary/aromatic N) is 3. The van der Waals surface area contributed by atoms with Crippen molar-refractivity contribution in [3.05, 3.63) is 23.2 Å². The number of hydrogen-bond donors (Lipinski definition) is 1. The number of aromatic nitrogens is 2. The molecule has 1 aliphatic rings. The van der Waals surface area contributed by atoms with E-state index in [4.69, 9.17) is 11.6 Å². The number of nitrogens with one attached hydrogen (secondary N) is 1. The minimum Gasteiger partial charge on any atom is -0.333 e. The number of amides is 1. The predicted molar refractivity (Wildman–Crippen MR) is 65.0 cm³/mol. The summed E-state index contributed by atoms with van der Waals surface area (Å²) in [6, 6.07) is 0.235. The van der Waals surface area contributed by atoms with Crippen molar-refractivity contribution in [3.8, 4) is 0 Å². The Morgan fingerprint density at radius 3 is 3.24 bits per heavy atom. The minimum atomic E-state index is -0.102. The lowest BCUT2D eigenvalue weighted by atomic mass is 10.2. The quantitative estimate of drug-likeness (QED) is 0.873. The standard InChI is InChI=1S/C11H15ClN4O/c1-13-5-8-3-2-4-16(8)11(17)10-9(12)6-14-7-15-10/h6-8,13H,2-5H2,1H3/t8-/m0/s1. The van der Waals surface area contributed by atoms with Crippen LogP contribution in [0.5, 0.6) is 0 Å². The molecule has 0 aliphatic carbocycles. The van der Waals surface area contributed by atoms with Crippen LogP contribution in [-0.4, -0.2) is 47.0 Å². The molecule has 1 fully saturated rings. The fraction of sp³-hybridized carbons (Fsp3) is 0.545. The van der Waals surface area contributed by atoms with Gasteiger partial charge in [0.15, 0.2) is 0 Å². The normalized spacial score (nSPS) is 19.6. The smallest absolute Gasteiger partial charge is 0.274 e. The van der Waals surface area contributed by atoms with E-state index in [0.29, 0.717) is 10.7 Å². The van der Waals surface area contributed by atoms with Crippen molar-refractivity contribution in [3.63, 3.8) is 0 Å². The molecule has 1 N–H and O–H groups in total. The van der Waals surface area contributed by atoms with Gasteiger partial charge in [0.05, 0.1) is 5.02 Å². The largest absolute Gasteiger partial charge is 0.333 e. The third-order valence-electron chi connectivity index (χ3n) is 2.95. The summed E-state index contributed by atoms with van der Waals surface area (Å²) in [5.74, 6) is -0.102. The van der Waals surface area contributed by atoms with Crippen LogP contribution in [0.2, 0.25) is 5.02 Å². The lowest BCUT2D eigenvalue weighted by Crippen LogP contribution is -2.41. The Labute approximate surface area is 105 Å². The molecule has 0 spiro atoms. The molecule has 2 rings (SSSR count). The average molecular weight is 255 g/mol. The Hall–Kier alpha value is -1.20. The van der Waals surface area contributed by atoms with Crippen LogP contribution < -0.4 is 5.32 Å². The highest BCUT2D eigenvalue weighted by Crippen LogP contribution is 2.21. The van der Waals surface area contributed by atoms with E-state index in [9.17, 15) is 4.79 Å². The molecule has 0 saturated carbocycles. The molecule has 0 unspecified atom stereocenters. The topological polar surface area (TPSA) is 58.1 Å². The number of hydrogen-bond acceptors (Lipinski definition) is 4. The summed E-state index contributed by atoms with van der Waals surface area (Å²) in [7, 11) is 1.89. The lowest BCUT2D eigenvalue weighted by molar-refractivity contribution is 0.0731. The van der Waals surface area contributed by atoms with Crippen LogP contribution in [0.3, 0.4) is 0 Å². The van der Waals surface area contributed by atoms with E-state index in [-0.39, 0.29) is 11.9 Å². The molecular weight excluding hydrogens is 240 g/mol. The monoisotopic (exact) mass is 254 g/mol. The van der Waals surface area contributed by atoms with Crippen molar-refractivity contribution in [2.75, 3.05) is 20.1 Å². The van der Waals surface area contributed by atoms with E-state index < -0.39 is 0 Å². The van der Waals surface area contributed by atoms with Crippen LogP contribution >= 0.6 is 11.6 Å². The molecule has 1 amide bonds. The first-order valence-corrected chi connectivity index (χ1v) is 6.03. The number of likely N-dealkylation sites (tertiary alicyclic amines) is 1. The van der Waals surface area contributed by atoms with E-state index >= 15 is 0 Å². The van der Waals surface area contributed by atoms with Gasteiger partial charge >= 0.3 is 0 Å². The van der Waals surface area contributed by atoms with Gasteiger partial charge in [0, 0.05) is 25.3 Å². The fourth-order valence-electron chi connectivity index (χ4n) is 2.16. The first kappa shape index (κ1) is 12.3. The van der Waals surface area contributed by atoms with Crippen LogP contribution in [0.4, 0.5) is 0 Å². The molecule has 6 heteroatoms. The molecule has 1 saturated heterocycles. The molecule has 1 aromatic rings. The number of likely N-dealkylation sites (N-methyl/N-ethyl adjacent to an activating group) is 1. The molecule has 17 heavy (non-hydrogen) atoms. The maximum Gasteiger partial charge on any atom is 0.274 e. The van der Waals surface area contributed by atoms with Gasteiger partial charge in [0.25, 0.3) is 5.91 Å². The second-order valence-corrected chi connectivity index (χ2v) is 4.48. The van der Waals surface area contributed by atoms with Crippen molar-refractivity contribution in [2.45, 2.75) is 18.9 Å². The maximum absolute atomic E-state index is 12.3. The predicted octanol–water partition coefficient (Wildman–Crippen LogP) is 0.954. The Morgan fingerprint density at radius 2 is 2.53 bits per heavy atom. The van der Waals surface area contributed by atoms with Crippen LogP contribution in [0.15, 0.2) is 12.5 Å². The van der Waals surface area contributed by atoms with E-state index in [1.165, 1.54) is 12.5 Å². The molecule has 1 aliphatic heterocycles. The van der Waals surface area contributed by atoms with Gasteiger partial charge in [-0.2, -0.15) is 0 Å². The number of carbonyl (C=O) groups excluding carboxylic acids is 1. The molecule has 0 radical (unpaired) electrons. The molecular formula is C11H15ClN4O. The lowest BCUT2D eigenvalue weighted by Gasteiger charge is -2.24. The van der Waals surface area contributed by atoms with Gasteiger partial charge in [-0.25, -0.2) is 9.97 Å². The van der Waals surface area contributed by atoms with Gasteiger partial charge in [-0.15, -0.1) is 0 Å². The Kier molecular flexibility index (Phi) is 3.91. The fourth-order valence-corrected chi connectivity index (χ4v) is 2.34. The highest BCUT2D eigenvalue weighted by molar-refractivity contribution is 6.33. The van der Waals surface area contributed by atoms with E-state index in [0.717, 1.165) is 25.9 Å². The van der Waals surface area contributed by atoms with E-state index in [1.54, 1.807) is 0 Å². The zero-order valence-corrected chi connectivity index (χ0v) is 10.4. The molecule has 2 heterocycles. The molecule has 1 atom stereocenters. The zero-order valence-electron chi connectivity index (χ0n) is 9.69. The van der Waals surface area contributed by atoms with Crippen LogP contribution in [0, 0.1) is 0 Å². The maximum atomic E-state index is 12.3. The minimum absolute atomic E-state index is 0.102. The molecule has 0 bridgehead atoms. The molecule has 1 aromatic heterocycles. The average Bonchev–Trinajstić information content (AvgIpc) is 2.78. The summed E-state index contributed by atoms with van der Waals surface area (Å²) in [4.78, 5) is 21.9. The van der Waals surface area contributed by atoms with Gasteiger partial charge < -0.3 is 10.2 Å². The summed E-state index contributed by atoms with van der Waals surface area (Å²) in [6.45, 7) is 1.57. The Balaban J connectivity index is 2.17. The number of halogens is 1. The van der Waals surface area contributed by atoms with Crippen LogP contribution in [0.1, 0.15) is 23.3 Å². The van der Waals surface area contributed by atoms with Gasteiger partial charge in [-0.05, 0) is 19.9 Å². The second kappa shape index (κ2) is 5.42.